The van der Waals surface area contributed by atoms with E-state index in [1.54, 1.807) is 0 Å². The Bertz CT molecular complexity index is 339. The number of hydrogen-bond acceptors (Lipinski definition) is 2. The van der Waals surface area contributed by atoms with Gasteiger partial charge in [0.15, 0.2) is 5.96 Å². The SMILES string of the molecule is CC(C)(C)NC(N)=NCC1CCCN1CC1CCCCC1. The molecule has 4 nitrogen and oxygen atoms in total. The first-order chi connectivity index (χ1) is 9.94. The Kier molecular flexibility index (Phi) is 5.91. The third-order valence-corrected chi connectivity index (χ3v) is 4.69. The molecular formula is C17H34N4. The molecular weight excluding hydrogens is 260 g/mol. The van der Waals surface area contributed by atoms with E-state index >= 15 is 0 Å². The van der Waals surface area contributed by atoms with Crippen molar-refractivity contribution in [3.8, 4) is 0 Å². The van der Waals surface area contributed by atoms with Crippen molar-refractivity contribution in [3.63, 3.8) is 0 Å². The second kappa shape index (κ2) is 7.48. The van der Waals surface area contributed by atoms with Crippen molar-refractivity contribution in [1.29, 1.82) is 0 Å². The Morgan fingerprint density at radius 3 is 2.52 bits per heavy atom. The number of hydrogen-bond donors (Lipinski definition) is 2. The van der Waals surface area contributed by atoms with Crippen LogP contribution in [0.1, 0.15) is 65.7 Å². The van der Waals surface area contributed by atoms with Crippen molar-refractivity contribution in [2.75, 3.05) is 19.6 Å². The largest absolute Gasteiger partial charge is 0.370 e. The number of nitrogens with one attached hydrogen (secondary N) is 1. The van der Waals surface area contributed by atoms with Crippen LogP contribution in [-0.2, 0) is 0 Å². The fourth-order valence-corrected chi connectivity index (χ4v) is 3.67. The molecule has 0 aromatic carbocycles. The molecule has 1 aliphatic carbocycles. The van der Waals surface area contributed by atoms with E-state index in [9.17, 15) is 0 Å². The first-order valence-corrected chi connectivity index (χ1v) is 8.76. The van der Waals surface area contributed by atoms with Crippen LogP contribution in [0.3, 0.4) is 0 Å². The van der Waals surface area contributed by atoms with Crippen molar-refractivity contribution in [3.05, 3.63) is 0 Å². The van der Waals surface area contributed by atoms with E-state index < -0.39 is 0 Å². The quantitative estimate of drug-likeness (QED) is 0.619. The lowest BCUT2D eigenvalue weighted by Crippen LogP contribution is -2.45. The highest BCUT2D eigenvalue weighted by Gasteiger charge is 2.27. The Hall–Kier alpha value is -0.770. The maximum Gasteiger partial charge on any atom is 0.189 e. The Morgan fingerprint density at radius 1 is 1.14 bits per heavy atom. The van der Waals surface area contributed by atoms with E-state index in [0.717, 1.165) is 12.5 Å². The lowest BCUT2D eigenvalue weighted by Gasteiger charge is -2.30. The fourth-order valence-electron chi connectivity index (χ4n) is 3.67. The normalized spacial score (nSPS) is 26.2. The molecule has 1 saturated carbocycles. The van der Waals surface area contributed by atoms with Gasteiger partial charge in [0.25, 0.3) is 0 Å². The second-order valence-electron chi connectivity index (χ2n) is 7.90. The van der Waals surface area contributed by atoms with Crippen LogP contribution in [0.2, 0.25) is 0 Å². The van der Waals surface area contributed by atoms with E-state index in [1.165, 1.54) is 58.0 Å². The maximum absolute atomic E-state index is 5.99. The van der Waals surface area contributed by atoms with Gasteiger partial charge in [-0.3, -0.25) is 9.89 Å². The standard InChI is InChI=1S/C17H34N4/c1-17(2,3)20-16(18)19-12-15-10-7-11-21(15)13-14-8-5-4-6-9-14/h14-15H,4-13H2,1-3H3,(H3,18,19,20). The van der Waals surface area contributed by atoms with Gasteiger partial charge in [0, 0.05) is 18.1 Å². The van der Waals surface area contributed by atoms with E-state index in [2.05, 4.69) is 36.0 Å². The molecule has 1 unspecified atom stereocenters. The fraction of sp³-hybridized carbons (Fsp3) is 0.941. The zero-order chi connectivity index (χ0) is 15.3. The Morgan fingerprint density at radius 2 is 1.86 bits per heavy atom. The minimum absolute atomic E-state index is 0.00889. The first kappa shape index (κ1) is 16.6. The molecule has 2 fully saturated rings. The number of nitrogens with zero attached hydrogens (tertiary/aromatic N) is 2. The second-order valence-corrected chi connectivity index (χ2v) is 7.90. The van der Waals surface area contributed by atoms with Crippen molar-refractivity contribution >= 4 is 5.96 Å². The van der Waals surface area contributed by atoms with Gasteiger partial charge < -0.3 is 11.1 Å². The molecule has 4 heteroatoms. The van der Waals surface area contributed by atoms with E-state index in [0.29, 0.717) is 12.0 Å². The van der Waals surface area contributed by atoms with Crippen LogP contribution in [0.25, 0.3) is 0 Å². The van der Waals surface area contributed by atoms with Crippen LogP contribution >= 0.6 is 0 Å². The minimum atomic E-state index is -0.00889. The molecule has 21 heavy (non-hydrogen) atoms. The molecule has 2 aliphatic rings. The summed E-state index contributed by atoms with van der Waals surface area (Å²) in [5.74, 6) is 1.51. The third-order valence-electron chi connectivity index (χ3n) is 4.69. The number of nitrogens with two attached hydrogens (primary N) is 1. The Labute approximate surface area is 130 Å². The topological polar surface area (TPSA) is 53.6 Å². The van der Waals surface area contributed by atoms with Gasteiger partial charge in [-0.25, -0.2) is 0 Å². The van der Waals surface area contributed by atoms with Crippen molar-refractivity contribution in [1.82, 2.24) is 10.2 Å². The number of guanidine groups is 1. The van der Waals surface area contributed by atoms with Gasteiger partial charge in [0.2, 0.25) is 0 Å². The molecule has 0 aromatic heterocycles. The van der Waals surface area contributed by atoms with E-state index in [-0.39, 0.29) is 5.54 Å². The summed E-state index contributed by atoms with van der Waals surface area (Å²) in [5.41, 5.74) is 5.98. The van der Waals surface area contributed by atoms with Crippen LogP contribution in [0.4, 0.5) is 0 Å². The van der Waals surface area contributed by atoms with Gasteiger partial charge in [-0.15, -0.1) is 0 Å². The highest BCUT2D eigenvalue weighted by Crippen LogP contribution is 2.27. The summed E-state index contributed by atoms with van der Waals surface area (Å²) < 4.78 is 0. The zero-order valence-electron chi connectivity index (χ0n) is 14.2. The highest BCUT2D eigenvalue weighted by atomic mass is 15.2. The molecule has 2 rings (SSSR count). The minimum Gasteiger partial charge on any atom is -0.370 e. The molecule has 1 atom stereocenters. The molecule has 0 amide bonds. The lowest BCUT2D eigenvalue weighted by molar-refractivity contribution is 0.191. The average molecular weight is 294 g/mol. The van der Waals surface area contributed by atoms with Gasteiger partial charge >= 0.3 is 0 Å². The van der Waals surface area contributed by atoms with E-state index in [1.807, 2.05) is 0 Å². The van der Waals surface area contributed by atoms with Crippen molar-refractivity contribution < 1.29 is 0 Å². The molecule has 1 saturated heterocycles. The summed E-state index contributed by atoms with van der Waals surface area (Å²) in [6, 6.07) is 0.604. The highest BCUT2D eigenvalue weighted by molar-refractivity contribution is 5.78. The summed E-state index contributed by atoms with van der Waals surface area (Å²) in [6.07, 6.45) is 9.77. The predicted octanol–water partition coefficient (Wildman–Crippen LogP) is 2.73. The van der Waals surface area contributed by atoms with Crippen LogP contribution < -0.4 is 11.1 Å². The lowest BCUT2D eigenvalue weighted by atomic mass is 9.89. The molecule has 1 aliphatic heterocycles. The summed E-state index contributed by atoms with van der Waals surface area (Å²) in [7, 11) is 0. The molecule has 0 aromatic rings. The third kappa shape index (κ3) is 5.85. The van der Waals surface area contributed by atoms with Crippen LogP contribution in [0.5, 0.6) is 0 Å². The average Bonchev–Trinajstić information content (AvgIpc) is 2.83. The molecule has 0 spiro atoms. The summed E-state index contributed by atoms with van der Waals surface area (Å²) in [5, 5.41) is 3.25. The molecule has 1 heterocycles. The zero-order valence-corrected chi connectivity index (χ0v) is 14.2. The molecule has 0 radical (unpaired) electrons. The molecule has 122 valence electrons. The van der Waals surface area contributed by atoms with Gasteiger partial charge in [0.05, 0.1) is 6.54 Å². The number of likely N-dealkylation sites (tertiary alicyclic amines) is 1. The first-order valence-electron chi connectivity index (χ1n) is 8.76. The Balaban J connectivity index is 1.79. The van der Waals surface area contributed by atoms with Crippen molar-refractivity contribution in [2.24, 2.45) is 16.6 Å². The van der Waals surface area contributed by atoms with Gasteiger partial charge in [0.1, 0.15) is 0 Å². The smallest absolute Gasteiger partial charge is 0.189 e. The number of aliphatic imine (C=N–C) groups is 1. The van der Waals surface area contributed by atoms with Gasteiger partial charge in [-0.1, -0.05) is 19.3 Å². The van der Waals surface area contributed by atoms with Gasteiger partial charge in [-0.2, -0.15) is 0 Å². The van der Waals surface area contributed by atoms with Crippen LogP contribution in [-0.4, -0.2) is 42.1 Å². The van der Waals surface area contributed by atoms with E-state index in [4.69, 9.17) is 5.73 Å². The summed E-state index contributed by atoms with van der Waals surface area (Å²) >= 11 is 0. The monoisotopic (exact) mass is 294 g/mol. The maximum atomic E-state index is 5.99. The number of rotatable bonds is 4. The van der Waals surface area contributed by atoms with Crippen LogP contribution in [0, 0.1) is 5.92 Å². The molecule has 3 N–H and O–H groups in total. The summed E-state index contributed by atoms with van der Waals surface area (Å²) in [6.45, 7) is 9.72. The predicted molar refractivity (Wildman–Crippen MR) is 90.5 cm³/mol. The molecule has 0 bridgehead atoms. The van der Waals surface area contributed by atoms with Gasteiger partial charge in [-0.05, 0) is 58.9 Å². The van der Waals surface area contributed by atoms with Crippen LogP contribution in [0.15, 0.2) is 4.99 Å². The van der Waals surface area contributed by atoms with Crippen molar-refractivity contribution in [2.45, 2.75) is 77.3 Å². The summed E-state index contributed by atoms with van der Waals surface area (Å²) in [4.78, 5) is 7.25.